The fourth-order valence-corrected chi connectivity index (χ4v) is 3.18. The Morgan fingerprint density at radius 3 is 2.36 bits per heavy atom. The van der Waals surface area contributed by atoms with Crippen LogP contribution in [0.5, 0.6) is 0 Å². The number of rotatable bonds is 6. The summed E-state index contributed by atoms with van der Waals surface area (Å²) in [6.07, 6.45) is 6.52. The molecular formula is C21H32N2O2. The first-order valence-electron chi connectivity index (χ1n) is 9.52. The average Bonchev–Trinajstić information content (AvgIpc) is 2.59. The predicted octanol–water partition coefficient (Wildman–Crippen LogP) is 4.79. The van der Waals surface area contributed by atoms with Crippen LogP contribution in [-0.4, -0.2) is 24.3 Å². The molecule has 4 nitrogen and oxygen atoms in total. The molecule has 0 aliphatic heterocycles. The number of hydrogen-bond acceptors (Lipinski definition) is 3. The number of Topliss-reactive ketones (excluding diaryl/α,β-unsaturated/α-hetero) is 1. The smallest absolute Gasteiger partial charge is 0.227 e. The zero-order valence-electron chi connectivity index (χ0n) is 16.1. The van der Waals surface area contributed by atoms with E-state index in [1.54, 1.807) is 4.90 Å². The molecule has 1 saturated carbocycles. The summed E-state index contributed by atoms with van der Waals surface area (Å²) in [7, 11) is 0. The summed E-state index contributed by atoms with van der Waals surface area (Å²) < 4.78 is 0. The number of para-hydroxylation sites is 2. The lowest BCUT2D eigenvalue weighted by molar-refractivity contribution is -0.127. The Hall–Kier alpha value is -1.84. The largest absolute Gasteiger partial charge is 0.381 e. The monoisotopic (exact) mass is 344 g/mol. The first-order valence-corrected chi connectivity index (χ1v) is 9.52. The molecule has 0 saturated heterocycles. The highest BCUT2D eigenvalue weighted by Crippen LogP contribution is 2.30. The van der Waals surface area contributed by atoms with Gasteiger partial charge in [0.05, 0.1) is 17.9 Å². The van der Waals surface area contributed by atoms with Crippen molar-refractivity contribution in [1.29, 1.82) is 0 Å². The van der Waals surface area contributed by atoms with Gasteiger partial charge in [-0.15, -0.1) is 0 Å². The number of nitrogens with zero attached hydrogens (tertiary/aromatic N) is 1. The maximum Gasteiger partial charge on any atom is 0.227 e. The van der Waals surface area contributed by atoms with Gasteiger partial charge in [-0.05, 0) is 25.0 Å². The molecule has 0 unspecified atom stereocenters. The SMILES string of the molecule is CCC(=O)N(CC(=O)C(C)(C)C)c1ccccc1NC1CCCCC1. The molecule has 2 rings (SSSR count). The van der Waals surface area contributed by atoms with E-state index in [0.717, 1.165) is 24.2 Å². The third-order valence-electron chi connectivity index (χ3n) is 4.90. The van der Waals surface area contributed by atoms with Crippen LogP contribution >= 0.6 is 0 Å². The summed E-state index contributed by atoms with van der Waals surface area (Å²) in [5.41, 5.74) is 1.31. The minimum Gasteiger partial charge on any atom is -0.381 e. The predicted molar refractivity (Wildman–Crippen MR) is 104 cm³/mol. The molecule has 0 heterocycles. The molecule has 1 fully saturated rings. The number of carbonyl (C=O) groups excluding carboxylic acids is 2. The molecule has 25 heavy (non-hydrogen) atoms. The molecule has 1 N–H and O–H groups in total. The van der Waals surface area contributed by atoms with E-state index in [2.05, 4.69) is 5.32 Å². The van der Waals surface area contributed by atoms with Crippen LogP contribution in [0, 0.1) is 5.41 Å². The van der Waals surface area contributed by atoms with Crippen LogP contribution in [0.3, 0.4) is 0 Å². The van der Waals surface area contributed by atoms with Crippen LogP contribution < -0.4 is 10.2 Å². The topological polar surface area (TPSA) is 49.4 Å². The van der Waals surface area contributed by atoms with Gasteiger partial charge in [-0.2, -0.15) is 0 Å². The van der Waals surface area contributed by atoms with Gasteiger partial charge < -0.3 is 10.2 Å². The zero-order chi connectivity index (χ0) is 18.4. The van der Waals surface area contributed by atoms with Crippen molar-refractivity contribution in [3.8, 4) is 0 Å². The minimum absolute atomic E-state index is 0.0181. The second-order valence-corrected chi connectivity index (χ2v) is 8.00. The van der Waals surface area contributed by atoms with E-state index in [4.69, 9.17) is 0 Å². The summed E-state index contributed by atoms with van der Waals surface area (Å²) >= 11 is 0. The molecule has 1 aromatic carbocycles. The highest BCUT2D eigenvalue weighted by molar-refractivity contribution is 6.02. The summed E-state index contributed by atoms with van der Waals surface area (Å²) in [4.78, 5) is 26.8. The van der Waals surface area contributed by atoms with Gasteiger partial charge in [0.25, 0.3) is 0 Å². The van der Waals surface area contributed by atoms with E-state index in [-0.39, 0.29) is 18.2 Å². The molecule has 0 radical (unpaired) electrons. The van der Waals surface area contributed by atoms with Crippen molar-refractivity contribution in [2.24, 2.45) is 5.41 Å². The number of amides is 1. The Kier molecular flexibility index (Phi) is 6.63. The number of carbonyl (C=O) groups is 2. The number of nitrogens with one attached hydrogen (secondary N) is 1. The molecule has 138 valence electrons. The lowest BCUT2D eigenvalue weighted by atomic mass is 9.90. The molecule has 4 heteroatoms. The summed E-state index contributed by atoms with van der Waals surface area (Å²) in [5.74, 6) is 0.0530. The Labute approximate surface area is 152 Å². The number of anilines is 2. The summed E-state index contributed by atoms with van der Waals surface area (Å²) in [6, 6.07) is 8.32. The van der Waals surface area contributed by atoms with Crippen LogP contribution in [0.4, 0.5) is 11.4 Å². The summed E-state index contributed by atoms with van der Waals surface area (Å²) in [6.45, 7) is 7.66. The molecular weight excluding hydrogens is 312 g/mol. The minimum atomic E-state index is -0.460. The van der Waals surface area contributed by atoms with Crippen LogP contribution in [0.15, 0.2) is 24.3 Å². The van der Waals surface area contributed by atoms with Gasteiger partial charge in [-0.1, -0.05) is 59.1 Å². The Bertz CT molecular complexity index is 598. The van der Waals surface area contributed by atoms with Crippen molar-refractivity contribution in [3.63, 3.8) is 0 Å². The van der Waals surface area contributed by atoms with E-state index < -0.39 is 5.41 Å². The van der Waals surface area contributed by atoms with E-state index in [0.29, 0.717) is 12.5 Å². The van der Waals surface area contributed by atoms with Gasteiger partial charge in [0, 0.05) is 17.9 Å². The fraction of sp³-hybridized carbons (Fsp3) is 0.619. The van der Waals surface area contributed by atoms with E-state index >= 15 is 0 Å². The van der Waals surface area contributed by atoms with Crippen molar-refractivity contribution >= 4 is 23.1 Å². The third kappa shape index (κ3) is 5.32. The maximum atomic E-state index is 12.6. The number of hydrogen-bond donors (Lipinski definition) is 1. The molecule has 1 aliphatic carbocycles. The standard InChI is InChI=1S/C21H32N2O2/c1-5-20(25)23(15-19(24)21(2,3)4)18-14-10-9-13-17(18)22-16-11-7-6-8-12-16/h9-10,13-14,16,22H,5-8,11-12,15H2,1-4H3. The zero-order valence-corrected chi connectivity index (χ0v) is 16.1. The molecule has 0 atom stereocenters. The van der Waals surface area contributed by atoms with Gasteiger partial charge in [0.1, 0.15) is 0 Å². The second kappa shape index (κ2) is 8.50. The Morgan fingerprint density at radius 1 is 1.12 bits per heavy atom. The lowest BCUT2D eigenvalue weighted by Crippen LogP contribution is -2.40. The second-order valence-electron chi connectivity index (χ2n) is 8.00. The number of ketones is 1. The van der Waals surface area contributed by atoms with Crippen molar-refractivity contribution in [2.75, 3.05) is 16.8 Å². The van der Waals surface area contributed by atoms with Gasteiger partial charge in [-0.3, -0.25) is 9.59 Å². The average molecular weight is 344 g/mol. The van der Waals surface area contributed by atoms with E-state index in [1.807, 2.05) is 52.0 Å². The lowest BCUT2D eigenvalue weighted by Gasteiger charge is -2.30. The van der Waals surface area contributed by atoms with Crippen LogP contribution in [0.2, 0.25) is 0 Å². The highest BCUT2D eigenvalue weighted by Gasteiger charge is 2.27. The van der Waals surface area contributed by atoms with Crippen molar-refractivity contribution in [3.05, 3.63) is 24.3 Å². The molecule has 0 spiro atoms. The van der Waals surface area contributed by atoms with Crippen LogP contribution in [-0.2, 0) is 9.59 Å². The van der Waals surface area contributed by atoms with Gasteiger partial charge in [-0.25, -0.2) is 0 Å². The van der Waals surface area contributed by atoms with Gasteiger partial charge >= 0.3 is 0 Å². The van der Waals surface area contributed by atoms with Gasteiger partial charge in [0.15, 0.2) is 5.78 Å². The quantitative estimate of drug-likeness (QED) is 0.807. The molecule has 1 amide bonds. The molecule has 0 bridgehead atoms. The number of benzene rings is 1. The molecule has 1 aliphatic rings. The van der Waals surface area contributed by atoms with Crippen LogP contribution in [0.1, 0.15) is 66.2 Å². The first kappa shape index (κ1) is 19.5. The normalized spacial score (nSPS) is 15.7. The van der Waals surface area contributed by atoms with Crippen molar-refractivity contribution in [2.45, 2.75) is 72.3 Å². The van der Waals surface area contributed by atoms with E-state index in [1.165, 1.54) is 19.3 Å². The van der Waals surface area contributed by atoms with Crippen LogP contribution in [0.25, 0.3) is 0 Å². The molecule has 0 aromatic heterocycles. The summed E-state index contributed by atoms with van der Waals surface area (Å²) in [5, 5.41) is 3.62. The highest BCUT2D eigenvalue weighted by atomic mass is 16.2. The van der Waals surface area contributed by atoms with E-state index in [9.17, 15) is 9.59 Å². The van der Waals surface area contributed by atoms with Crippen molar-refractivity contribution < 1.29 is 9.59 Å². The maximum absolute atomic E-state index is 12.6. The third-order valence-corrected chi connectivity index (χ3v) is 4.90. The Balaban J connectivity index is 2.27. The Morgan fingerprint density at radius 2 is 1.76 bits per heavy atom. The van der Waals surface area contributed by atoms with Crippen molar-refractivity contribution in [1.82, 2.24) is 0 Å². The van der Waals surface area contributed by atoms with Gasteiger partial charge in [0.2, 0.25) is 5.91 Å². The molecule has 1 aromatic rings. The fourth-order valence-electron chi connectivity index (χ4n) is 3.18. The first-order chi connectivity index (χ1) is 11.8.